The smallest absolute Gasteiger partial charge is 0.164 e. The molecule has 5 rings (SSSR count). The summed E-state index contributed by atoms with van der Waals surface area (Å²) in [5, 5.41) is 19.3. The minimum absolute atomic E-state index is 0.167. The Morgan fingerprint density at radius 2 is 0.788 bits per heavy atom. The van der Waals surface area contributed by atoms with Crippen molar-refractivity contribution in [3.63, 3.8) is 0 Å². The Hall–Kier alpha value is -4.71. The molecule has 33 heavy (non-hydrogen) atoms. The molecule has 5 aromatic rings. The van der Waals surface area contributed by atoms with E-state index in [9.17, 15) is 10.2 Å². The van der Waals surface area contributed by atoms with Gasteiger partial charge in [-0.25, -0.2) is 15.0 Å². The fraction of sp³-hybridized carbons (Fsp3) is 0. The summed E-state index contributed by atoms with van der Waals surface area (Å²) >= 11 is 0. The summed E-state index contributed by atoms with van der Waals surface area (Å²) < 4.78 is 5.88. The number of rotatable bonds is 5. The molecular formula is C27H19N3O3. The number of phenols is 2. The van der Waals surface area contributed by atoms with Gasteiger partial charge < -0.3 is 14.9 Å². The Balaban J connectivity index is 1.54. The fourth-order valence-corrected chi connectivity index (χ4v) is 3.28. The summed E-state index contributed by atoms with van der Waals surface area (Å²) in [7, 11) is 0. The maximum Gasteiger partial charge on any atom is 0.164 e. The zero-order chi connectivity index (χ0) is 22.6. The predicted molar refractivity (Wildman–Crippen MR) is 126 cm³/mol. The molecule has 160 valence electrons. The number of hydrogen-bond acceptors (Lipinski definition) is 6. The van der Waals surface area contributed by atoms with Crippen molar-refractivity contribution in [2.24, 2.45) is 0 Å². The van der Waals surface area contributed by atoms with Gasteiger partial charge in [-0.1, -0.05) is 18.2 Å². The SMILES string of the molecule is Oc1ccc(-c2nc(-c3ccc(O)cc3)nc(-c3ccc(Oc4ccccc4)cc3)n2)cc1. The largest absolute Gasteiger partial charge is 0.508 e. The standard InChI is InChI=1S/C27H19N3O3/c31-21-12-6-18(7-13-21)25-28-26(19-8-14-22(32)15-9-19)30-27(29-25)20-10-16-24(17-11-20)33-23-4-2-1-3-5-23/h1-17,31-32H. The molecule has 6 nitrogen and oxygen atoms in total. The first kappa shape index (κ1) is 20.2. The minimum atomic E-state index is 0.167. The molecular weight excluding hydrogens is 414 g/mol. The van der Waals surface area contributed by atoms with Gasteiger partial charge in [0.05, 0.1) is 0 Å². The van der Waals surface area contributed by atoms with E-state index in [1.807, 2.05) is 54.6 Å². The molecule has 0 unspecified atom stereocenters. The second-order valence-electron chi connectivity index (χ2n) is 7.34. The molecule has 0 fully saturated rings. The van der Waals surface area contributed by atoms with Crippen molar-refractivity contribution in [3.8, 4) is 57.2 Å². The Morgan fingerprint density at radius 3 is 1.21 bits per heavy atom. The molecule has 1 aromatic heterocycles. The van der Waals surface area contributed by atoms with Gasteiger partial charge in [0, 0.05) is 16.7 Å². The van der Waals surface area contributed by atoms with Crippen LogP contribution in [0.5, 0.6) is 23.0 Å². The highest BCUT2D eigenvalue weighted by Crippen LogP contribution is 2.28. The van der Waals surface area contributed by atoms with Crippen LogP contribution in [0.4, 0.5) is 0 Å². The van der Waals surface area contributed by atoms with Gasteiger partial charge >= 0.3 is 0 Å². The monoisotopic (exact) mass is 433 g/mol. The molecule has 0 amide bonds. The van der Waals surface area contributed by atoms with Crippen molar-refractivity contribution in [2.45, 2.75) is 0 Å². The molecule has 0 spiro atoms. The van der Waals surface area contributed by atoms with Gasteiger partial charge in [0.15, 0.2) is 17.5 Å². The third-order valence-electron chi connectivity index (χ3n) is 4.98. The predicted octanol–water partition coefficient (Wildman–Crippen LogP) is 6.08. The van der Waals surface area contributed by atoms with Crippen LogP contribution >= 0.6 is 0 Å². The molecule has 0 bridgehead atoms. The van der Waals surface area contributed by atoms with Crippen molar-refractivity contribution in [1.29, 1.82) is 0 Å². The molecule has 6 heteroatoms. The van der Waals surface area contributed by atoms with Crippen molar-refractivity contribution in [3.05, 3.63) is 103 Å². The van der Waals surface area contributed by atoms with E-state index < -0.39 is 0 Å². The number of para-hydroxylation sites is 1. The lowest BCUT2D eigenvalue weighted by Crippen LogP contribution is -2.00. The highest BCUT2D eigenvalue weighted by molar-refractivity contribution is 5.67. The number of aromatic nitrogens is 3. The van der Waals surface area contributed by atoms with Crippen LogP contribution in [0.2, 0.25) is 0 Å². The fourth-order valence-electron chi connectivity index (χ4n) is 3.28. The van der Waals surface area contributed by atoms with Crippen LogP contribution in [0.25, 0.3) is 34.2 Å². The highest BCUT2D eigenvalue weighted by atomic mass is 16.5. The van der Waals surface area contributed by atoms with Gasteiger partial charge in [-0.2, -0.15) is 0 Å². The van der Waals surface area contributed by atoms with E-state index in [-0.39, 0.29) is 11.5 Å². The average Bonchev–Trinajstić information content (AvgIpc) is 2.86. The van der Waals surface area contributed by atoms with Crippen LogP contribution < -0.4 is 4.74 Å². The van der Waals surface area contributed by atoms with Crippen LogP contribution in [0.1, 0.15) is 0 Å². The van der Waals surface area contributed by atoms with E-state index >= 15 is 0 Å². The second-order valence-corrected chi connectivity index (χ2v) is 7.34. The zero-order valence-corrected chi connectivity index (χ0v) is 17.5. The van der Waals surface area contributed by atoms with Crippen LogP contribution in [0.15, 0.2) is 103 Å². The van der Waals surface area contributed by atoms with E-state index in [1.165, 1.54) is 0 Å². The summed E-state index contributed by atoms with van der Waals surface area (Å²) in [6.45, 7) is 0. The van der Waals surface area contributed by atoms with E-state index in [4.69, 9.17) is 4.74 Å². The van der Waals surface area contributed by atoms with Gasteiger partial charge in [-0.3, -0.25) is 0 Å². The van der Waals surface area contributed by atoms with Crippen molar-refractivity contribution in [2.75, 3.05) is 0 Å². The van der Waals surface area contributed by atoms with Crippen LogP contribution in [-0.2, 0) is 0 Å². The van der Waals surface area contributed by atoms with E-state index in [0.717, 1.165) is 22.4 Å². The number of aromatic hydroxyl groups is 2. The lowest BCUT2D eigenvalue weighted by atomic mass is 10.1. The summed E-state index contributed by atoms with van der Waals surface area (Å²) in [5.41, 5.74) is 2.30. The third kappa shape index (κ3) is 4.65. The molecule has 1 heterocycles. The number of hydrogen-bond donors (Lipinski definition) is 2. The topological polar surface area (TPSA) is 88.4 Å². The Labute approximate surface area is 190 Å². The van der Waals surface area contributed by atoms with Gasteiger partial charge in [0.25, 0.3) is 0 Å². The van der Waals surface area contributed by atoms with Crippen molar-refractivity contribution in [1.82, 2.24) is 15.0 Å². The number of phenolic OH excluding ortho intramolecular Hbond substituents is 2. The Bertz CT molecular complexity index is 1310. The average molecular weight is 433 g/mol. The molecule has 2 N–H and O–H groups in total. The molecule has 0 saturated carbocycles. The normalized spacial score (nSPS) is 10.7. The number of ether oxygens (including phenoxy) is 1. The summed E-state index contributed by atoms with van der Waals surface area (Å²) in [6, 6.07) is 30.5. The maximum absolute atomic E-state index is 9.64. The molecule has 0 atom stereocenters. The van der Waals surface area contributed by atoms with Crippen LogP contribution in [0, 0.1) is 0 Å². The highest BCUT2D eigenvalue weighted by Gasteiger charge is 2.13. The Kier molecular flexibility index (Phi) is 5.39. The third-order valence-corrected chi connectivity index (χ3v) is 4.98. The van der Waals surface area contributed by atoms with Gasteiger partial charge in [-0.05, 0) is 84.9 Å². The minimum Gasteiger partial charge on any atom is -0.508 e. The summed E-state index contributed by atoms with van der Waals surface area (Å²) in [6.07, 6.45) is 0. The maximum atomic E-state index is 9.64. The van der Waals surface area contributed by atoms with Gasteiger partial charge in [0.2, 0.25) is 0 Å². The molecule has 0 aliphatic carbocycles. The number of nitrogens with zero attached hydrogens (tertiary/aromatic N) is 3. The first-order valence-electron chi connectivity index (χ1n) is 10.3. The molecule has 0 aliphatic rings. The summed E-state index contributed by atoms with van der Waals surface area (Å²) in [5.74, 6) is 3.26. The summed E-state index contributed by atoms with van der Waals surface area (Å²) in [4.78, 5) is 14.0. The van der Waals surface area contributed by atoms with E-state index in [0.29, 0.717) is 23.2 Å². The van der Waals surface area contributed by atoms with Gasteiger partial charge in [0.1, 0.15) is 23.0 Å². The van der Waals surface area contributed by atoms with Crippen LogP contribution in [0.3, 0.4) is 0 Å². The second kappa shape index (κ2) is 8.80. The Morgan fingerprint density at radius 1 is 0.424 bits per heavy atom. The van der Waals surface area contributed by atoms with E-state index in [1.54, 1.807) is 48.5 Å². The first-order valence-corrected chi connectivity index (χ1v) is 10.3. The van der Waals surface area contributed by atoms with Crippen molar-refractivity contribution < 1.29 is 14.9 Å². The van der Waals surface area contributed by atoms with Gasteiger partial charge in [-0.15, -0.1) is 0 Å². The number of benzene rings is 4. The first-order chi connectivity index (χ1) is 16.1. The zero-order valence-electron chi connectivity index (χ0n) is 17.5. The van der Waals surface area contributed by atoms with E-state index in [2.05, 4.69) is 15.0 Å². The lowest BCUT2D eigenvalue weighted by molar-refractivity contribution is 0.475. The quantitative estimate of drug-likeness (QED) is 0.349. The molecule has 0 radical (unpaired) electrons. The molecule has 4 aromatic carbocycles. The van der Waals surface area contributed by atoms with Crippen molar-refractivity contribution >= 4 is 0 Å². The molecule has 0 saturated heterocycles. The molecule has 0 aliphatic heterocycles. The lowest BCUT2D eigenvalue weighted by Gasteiger charge is -2.09. The van der Waals surface area contributed by atoms with Crippen LogP contribution in [-0.4, -0.2) is 25.2 Å².